The number of nitrogens with zero attached hydrogens (tertiary/aromatic N) is 2. The minimum absolute atomic E-state index is 0.144. The van der Waals surface area contributed by atoms with Crippen molar-refractivity contribution in [2.75, 3.05) is 20.2 Å². The first kappa shape index (κ1) is 16.2. The molecule has 1 atom stereocenters. The van der Waals surface area contributed by atoms with Crippen molar-refractivity contribution in [3.05, 3.63) is 29.8 Å². The van der Waals surface area contributed by atoms with Crippen LogP contribution in [0.4, 0.5) is 0 Å². The van der Waals surface area contributed by atoms with Gasteiger partial charge < -0.3 is 5.11 Å². The van der Waals surface area contributed by atoms with Gasteiger partial charge in [-0.2, -0.15) is 9.57 Å². The van der Waals surface area contributed by atoms with E-state index < -0.39 is 10.0 Å². The first-order valence-electron chi connectivity index (χ1n) is 5.97. The van der Waals surface area contributed by atoms with Crippen LogP contribution in [0.2, 0.25) is 0 Å². The first-order chi connectivity index (χ1) is 9.41. The SMILES string of the molecule is CC(C#N)CN(C)S(=O)(=O)c1ccc(C#CCO)cc1. The molecule has 0 aliphatic carbocycles. The van der Waals surface area contributed by atoms with E-state index in [1.807, 2.05) is 6.07 Å². The molecule has 0 radical (unpaired) electrons. The van der Waals surface area contributed by atoms with Gasteiger partial charge in [0.05, 0.1) is 16.9 Å². The van der Waals surface area contributed by atoms with Gasteiger partial charge in [-0.15, -0.1) is 0 Å². The van der Waals surface area contributed by atoms with Crippen LogP contribution in [0.3, 0.4) is 0 Å². The molecule has 20 heavy (non-hydrogen) atoms. The third-order valence-electron chi connectivity index (χ3n) is 2.63. The summed E-state index contributed by atoms with van der Waals surface area (Å²) in [4.78, 5) is 0.152. The zero-order chi connectivity index (χ0) is 15.2. The van der Waals surface area contributed by atoms with Crippen LogP contribution in [0.5, 0.6) is 0 Å². The van der Waals surface area contributed by atoms with Gasteiger partial charge in [0.1, 0.15) is 6.61 Å². The highest BCUT2D eigenvalue weighted by Gasteiger charge is 2.22. The molecule has 0 saturated carbocycles. The van der Waals surface area contributed by atoms with Crippen molar-refractivity contribution in [3.8, 4) is 17.9 Å². The average molecular weight is 292 g/mol. The van der Waals surface area contributed by atoms with Crippen molar-refractivity contribution >= 4 is 10.0 Å². The quantitative estimate of drug-likeness (QED) is 0.833. The summed E-state index contributed by atoms with van der Waals surface area (Å²) in [5, 5.41) is 17.3. The molecule has 6 heteroatoms. The number of aliphatic hydroxyl groups excluding tert-OH is 1. The molecule has 0 aliphatic heterocycles. The third kappa shape index (κ3) is 4.07. The van der Waals surface area contributed by atoms with Crippen LogP contribution >= 0.6 is 0 Å². The topological polar surface area (TPSA) is 81.4 Å². The average Bonchev–Trinajstić information content (AvgIpc) is 2.45. The molecule has 0 amide bonds. The Bertz CT molecular complexity index is 648. The van der Waals surface area contributed by atoms with Gasteiger partial charge in [-0.05, 0) is 31.2 Å². The number of rotatable bonds is 4. The second kappa shape index (κ2) is 7.06. The Morgan fingerprint density at radius 2 is 1.95 bits per heavy atom. The Morgan fingerprint density at radius 3 is 2.45 bits per heavy atom. The van der Waals surface area contributed by atoms with Crippen LogP contribution in [0.1, 0.15) is 12.5 Å². The zero-order valence-electron chi connectivity index (χ0n) is 11.4. The molecule has 0 aromatic heterocycles. The highest BCUT2D eigenvalue weighted by molar-refractivity contribution is 7.89. The van der Waals surface area contributed by atoms with E-state index in [0.29, 0.717) is 5.56 Å². The highest BCUT2D eigenvalue weighted by atomic mass is 32.2. The molecule has 1 aromatic rings. The Hall–Kier alpha value is -1.86. The van der Waals surface area contributed by atoms with E-state index in [1.165, 1.54) is 19.2 Å². The van der Waals surface area contributed by atoms with Gasteiger partial charge in [-0.1, -0.05) is 11.8 Å². The van der Waals surface area contributed by atoms with Gasteiger partial charge in [0, 0.05) is 19.2 Å². The van der Waals surface area contributed by atoms with E-state index >= 15 is 0 Å². The summed E-state index contributed by atoms with van der Waals surface area (Å²) in [6, 6.07) is 8.09. The Balaban J connectivity index is 2.96. The molecular formula is C14H16N2O3S. The smallest absolute Gasteiger partial charge is 0.242 e. The molecule has 0 aliphatic rings. The van der Waals surface area contributed by atoms with Crippen molar-refractivity contribution in [3.63, 3.8) is 0 Å². The van der Waals surface area contributed by atoms with Gasteiger partial charge in [0.2, 0.25) is 10.0 Å². The lowest BCUT2D eigenvalue weighted by Gasteiger charge is -2.18. The van der Waals surface area contributed by atoms with E-state index in [4.69, 9.17) is 10.4 Å². The Kier molecular flexibility index (Phi) is 5.72. The fourth-order valence-corrected chi connectivity index (χ4v) is 2.82. The lowest BCUT2D eigenvalue weighted by atomic mass is 10.2. The van der Waals surface area contributed by atoms with Crippen LogP contribution in [0, 0.1) is 29.1 Å². The Labute approximate surface area is 119 Å². The number of nitriles is 1. The highest BCUT2D eigenvalue weighted by Crippen LogP contribution is 2.16. The number of hydrogen-bond acceptors (Lipinski definition) is 4. The van der Waals surface area contributed by atoms with Crippen molar-refractivity contribution in [1.29, 1.82) is 5.26 Å². The molecule has 0 saturated heterocycles. The molecule has 0 spiro atoms. The van der Waals surface area contributed by atoms with E-state index in [0.717, 1.165) is 4.31 Å². The summed E-state index contributed by atoms with van der Waals surface area (Å²) >= 11 is 0. The number of benzene rings is 1. The molecule has 1 N–H and O–H groups in total. The van der Waals surface area contributed by atoms with Crippen molar-refractivity contribution in [1.82, 2.24) is 4.31 Å². The molecule has 0 fully saturated rings. The monoisotopic (exact) mass is 292 g/mol. The largest absolute Gasteiger partial charge is 0.384 e. The fraction of sp³-hybridized carbons (Fsp3) is 0.357. The second-order valence-electron chi connectivity index (χ2n) is 4.30. The maximum atomic E-state index is 12.2. The number of sulfonamides is 1. The molecule has 1 unspecified atom stereocenters. The lowest BCUT2D eigenvalue weighted by molar-refractivity contribution is 0.350. The standard InChI is InChI=1S/C14H16N2O3S/c1-12(10-15)11-16(2)20(18,19)14-7-5-13(6-8-14)4-3-9-17/h5-8,12,17H,9,11H2,1-2H3. The molecular weight excluding hydrogens is 276 g/mol. The van der Waals surface area contributed by atoms with E-state index in [-0.39, 0.29) is 24.0 Å². The van der Waals surface area contributed by atoms with E-state index in [9.17, 15) is 8.42 Å². The summed E-state index contributed by atoms with van der Waals surface area (Å²) in [6.45, 7) is 1.57. The molecule has 0 heterocycles. The summed E-state index contributed by atoms with van der Waals surface area (Å²) in [5.41, 5.74) is 0.631. The minimum Gasteiger partial charge on any atom is -0.384 e. The van der Waals surface area contributed by atoms with Gasteiger partial charge >= 0.3 is 0 Å². The first-order valence-corrected chi connectivity index (χ1v) is 7.41. The summed E-state index contributed by atoms with van der Waals surface area (Å²) < 4.78 is 25.7. The van der Waals surface area contributed by atoms with Crippen LogP contribution in [-0.4, -0.2) is 38.0 Å². The zero-order valence-corrected chi connectivity index (χ0v) is 12.2. The van der Waals surface area contributed by atoms with Gasteiger partial charge in [-0.25, -0.2) is 8.42 Å². The molecule has 1 aromatic carbocycles. The predicted molar refractivity (Wildman–Crippen MR) is 75.0 cm³/mol. The number of hydrogen-bond donors (Lipinski definition) is 1. The minimum atomic E-state index is -3.60. The summed E-state index contributed by atoms with van der Waals surface area (Å²) in [7, 11) is -2.15. The van der Waals surface area contributed by atoms with Crippen molar-refractivity contribution < 1.29 is 13.5 Å². The number of aliphatic hydroxyl groups is 1. The van der Waals surface area contributed by atoms with Crippen LogP contribution in [0.25, 0.3) is 0 Å². The van der Waals surface area contributed by atoms with Crippen LogP contribution in [0.15, 0.2) is 29.2 Å². The lowest BCUT2D eigenvalue weighted by Crippen LogP contribution is -2.30. The second-order valence-corrected chi connectivity index (χ2v) is 6.34. The van der Waals surface area contributed by atoms with Gasteiger partial charge in [0.25, 0.3) is 0 Å². The molecule has 1 rings (SSSR count). The van der Waals surface area contributed by atoms with Crippen LogP contribution < -0.4 is 0 Å². The van der Waals surface area contributed by atoms with Crippen molar-refractivity contribution in [2.45, 2.75) is 11.8 Å². The molecule has 0 bridgehead atoms. The van der Waals surface area contributed by atoms with Crippen LogP contribution in [-0.2, 0) is 10.0 Å². The maximum Gasteiger partial charge on any atom is 0.242 e. The van der Waals surface area contributed by atoms with Gasteiger partial charge in [-0.3, -0.25) is 0 Å². The third-order valence-corrected chi connectivity index (χ3v) is 4.46. The molecule has 5 nitrogen and oxygen atoms in total. The molecule has 106 valence electrons. The van der Waals surface area contributed by atoms with Gasteiger partial charge in [0.15, 0.2) is 0 Å². The fourth-order valence-electron chi connectivity index (χ4n) is 1.56. The summed E-state index contributed by atoms with van der Waals surface area (Å²) in [5.74, 6) is 4.81. The maximum absolute atomic E-state index is 12.2. The Morgan fingerprint density at radius 1 is 1.35 bits per heavy atom. The normalized spacial score (nSPS) is 12.3. The summed E-state index contributed by atoms with van der Waals surface area (Å²) in [6.07, 6.45) is 0. The van der Waals surface area contributed by atoms with Crippen molar-refractivity contribution in [2.24, 2.45) is 5.92 Å². The van der Waals surface area contributed by atoms with E-state index in [1.54, 1.807) is 19.1 Å². The van der Waals surface area contributed by atoms with E-state index in [2.05, 4.69) is 11.8 Å². The predicted octanol–water partition coefficient (Wildman–Crippen LogP) is 0.811.